The molecule has 0 unspecified atom stereocenters. The normalized spacial score (nSPS) is 27.2. The molecule has 2 aromatic rings. The van der Waals surface area contributed by atoms with Crippen LogP contribution in [-0.4, -0.2) is 44.3 Å². The minimum absolute atomic E-state index is 0.169. The molecule has 2 atom stereocenters. The molecule has 1 aromatic heterocycles. The monoisotopic (exact) mass is 362 g/mol. The number of H-pyrrole nitrogens is 1. The van der Waals surface area contributed by atoms with E-state index in [1.165, 1.54) is 22.2 Å². The van der Waals surface area contributed by atoms with Crippen molar-refractivity contribution in [2.45, 2.75) is 38.6 Å². The molecule has 0 radical (unpaired) electrons. The molecule has 0 saturated carbocycles. The number of fused-ring (bicyclic) bond motifs is 5. The third-order valence-corrected chi connectivity index (χ3v) is 6.64. The number of para-hydroxylation sites is 1. The van der Waals surface area contributed by atoms with E-state index < -0.39 is 10.1 Å². The quantitative estimate of drug-likeness (QED) is 0.848. The van der Waals surface area contributed by atoms with E-state index in [4.69, 9.17) is 4.18 Å². The zero-order valence-electron chi connectivity index (χ0n) is 14.9. The highest BCUT2D eigenvalue weighted by Crippen LogP contribution is 2.51. The molecule has 0 bridgehead atoms. The summed E-state index contributed by atoms with van der Waals surface area (Å²) in [6, 6.07) is 8.65. The second kappa shape index (κ2) is 6.11. The fourth-order valence-electron chi connectivity index (χ4n) is 4.84. The van der Waals surface area contributed by atoms with Gasteiger partial charge in [0, 0.05) is 28.6 Å². The van der Waals surface area contributed by atoms with Gasteiger partial charge in [-0.25, -0.2) is 0 Å². The molecule has 0 amide bonds. The maximum absolute atomic E-state index is 11.6. The van der Waals surface area contributed by atoms with Crippen molar-refractivity contribution in [2.24, 2.45) is 5.41 Å². The van der Waals surface area contributed by atoms with Crippen molar-refractivity contribution in [3.8, 4) is 0 Å². The highest BCUT2D eigenvalue weighted by Gasteiger charge is 2.48. The maximum Gasteiger partial charge on any atom is 0.264 e. The van der Waals surface area contributed by atoms with E-state index in [9.17, 15) is 8.42 Å². The first kappa shape index (κ1) is 17.1. The lowest BCUT2D eigenvalue weighted by atomic mass is 9.68. The van der Waals surface area contributed by atoms with Gasteiger partial charge in [-0.2, -0.15) is 8.42 Å². The third-order valence-electron chi connectivity index (χ3n) is 6.10. The summed E-state index contributed by atoms with van der Waals surface area (Å²) in [7, 11) is -3.44. The first-order valence-corrected chi connectivity index (χ1v) is 10.9. The number of benzene rings is 1. The van der Waals surface area contributed by atoms with Crippen LogP contribution in [0.4, 0.5) is 0 Å². The van der Waals surface area contributed by atoms with E-state index >= 15 is 0 Å². The van der Waals surface area contributed by atoms with E-state index in [1.54, 1.807) is 0 Å². The highest BCUT2D eigenvalue weighted by molar-refractivity contribution is 7.85. The number of aromatic amines is 1. The van der Waals surface area contributed by atoms with Crippen LogP contribution in [0.2, 0.25) is 0 Å². The van der Waals surface area contributed by atoms with Crippen molar-refractivity contribution in [3.63, 3.8) is 0 Å². The van der Waals surface area contributed by atoms with E-state index in [0.717, 1.165) is 45.0 Å². The molecule has 5 nitrogen and oxygen atoms in total. The van der Waals surface area contributed by atoms with Gasteiger partial charge in [0.15, 0.2) is 0 Å². The van der Waals surface area contributed by atoms with Crippen LogP contribution in [0.15, 0.2) is 24.3 Å². The van der Waals surface area contributed by atoms with Crippen LogP contribution in [0.1, 0.15) is 43.5 Å². The summed E-state index contributed by atoms with van der Waals surface area (Å²) in [6.07, 6.45) is 5.18. The van der Waals surface area contributed by atoms with Gasteiger partial charge in [0.25, 0.3) is 10.1 Å². The fraction of sp³-hybridized carbons (Fsp3) is 0.579. The molecule has 1 N–H and O–H groups in total. The largest absolute Gasteiger partial charge is 0.357 e. The Labute approximate surface area is 149 Å². The number of hydrogen-bond donors (Lipinski definition) is 1. The van der Waals surface area contributed by atoms with Crippen LogP contribution in [0, 0.1) is 5.41 Å². The van der Waals surface area contributed by atoms with Gasteiger partial charge in [0.05, 0.1) is 18.9 Å². The van der Waals surface area contributed by atoms with Gasteiger partial charge < -0.3 is 4.98 Å². The lowest BCUT2D eigenvalue weighted by Crippen LogP contribution is -2.51. The van der Waals surface area contributed by atoms with E-state index in [2.05, 4.69) is 41.1 Å². The Balaban J connectivity index is 1.81. The number of rotatable bonds is 4. The van der Waals surface area contributed by atoms with Crippen LogP contribution in [0.3, 0.4) is 0 Å². The van der Waals surface area contributed by atoms with Gasteiger partial charge in [-0.1, -0.05) is 25.1 Å². The molecule has 0 spiro atoms. The standard InChI is InChI=1S/C19H26N2O3S/c1-3-19(13-24-25(2,22)23)10-6-11-21-12-9-15-14-7-4-5-8-16(14)20-17(15)18(19)21/h4-5,7-8,18,20H,3,6,9-13H2,1-2H3/t18-,19-/m0/s1. The summed E-state index contributed by atoms with van der Waals surface area (Å²) >= 11 is 0. The molecule has 2 aliphatic rings. The van der Waals surface area contributed by atoms with Gasteiger partial charge in [-0.15, -0.1) is 0 Å². The summed E-state index contributed by atoms with van der Waals surface area (Å²) in [4.78, 5) is 6.18. The molecule has 1 aromatic carbocycles. The number of piperidine rings is 1. The van der Waals surface area contributed by atoms with Crippen molar-refractivity contribution in [2.75, 3.05) is 26.0 Å². The smallest absolute Gasteiger partial charge is 0.264 e. The van der Waals surface area contributed by atoms with Crippen molar-refractivity contribution >= 4 is 21.0 Å². The molecule has 1 saturated heterocycles. The molecule has 1 fully saturated rings. The van der Waals surface area contributed by atoms with Crippen molar-refractivity contribution in [1.29, 1.82) is 0 Å². The first-order chi connectivity index (χ1) is 11.9. The van der Waals surface area contributed by atoms with Crippen LogP contribution >= 0.6 is 0 Å². The molecule has 136 valence electrons. The molecular weight excluding hydrogens is 336 g/mol. The van der Waals surface area contributed by atoms with Crippen molar-refractivity contribution in [3.05, 3.63) is 35.5 Å². The van der Waals surface area contributed by atoms with Gasteiger partial charge >= 0.3 is 0 Å². The molecular formula is C19H26N2O3S. The van der Waals surface area contributed by atoms with Crippen LogP contribution < -0.4 is 0 Å². The van der Waals surface area contributed by atoms with Crippen LogP contribution in [0.5, 0.6) is 0 Å². The summed E-state index contributed by atoms with van der Waals surface area (Å²) in [6.45, 7) is 4.52. The average Bonchev–Trinajstić information content (AvgIpc) is 2.97. The van der Waals surface area contributed by atoms with Crippen LogP contribution in [0.25, 0.3) is 10.9 Å². The highest BCUT2D eigenvalue weighted by atomic mass is 32.2. The minimum Gasteiger partial charge on any atom is -0.357 e. The zero-order valence-corrected chi connectivity index (χ0v) is 15.7. The van der Waals surface area contributed by atoms with Gasteiger partial charge in [0.2, 0.25) is 0 Å². The number of aromatic nitrogens is 1. The molecule has 0 aliphatic carbocycles. The third kappa shape index (κ3) is 2.90. The Kier molecular flexibility index (Phi) is 4.17. The Morgan fingerprint density at radius 1 is 1.32 bits per heavy atom. The second-order valence-corrected chi connectivity index (χ2v) is 9.18. The zero-order chi connectivity index (χ0) is 17.7. The number of nitrogens with zero attached hydrogens (tertiary/aromatic N) is 1. The number of nitrogens with one attached hydrogen (secondary N) is 1. The first-order valence-electron chi connectivity index (χ1n) is 9.11. The Morgan fingerprint density at radius 3 is 2.88 bits per heavy atom. The molecule has 25 heavy (non-hydrogen) atoms. The topological polar surface area (TPSA) is 62.4 Å². The van der Waals surface area contributed by atoms with Gasteiger partial charge in [-0.3, -0.25) is 9.08 Å². The molecule has 6 heteroatoms. The van der Waals surface area contributed by atoms with E-state index in [0.29, 0.717) is 0 Å². The minimum atomic E-state index is -3.44. The lowest BCUT2D eigenvalue weighted by molar-refractivity contribution is -0.0295. The van der Waals surface area contributed by atoms with Gasteiger partial charge in [-0.05, 0) is 43.9 Å². The predicted octanol–water partition coefficient (Wildman–Crippen LogP) is 3.23. The fourth-order valence-corrected chi connectivity index (χ4v) is 5.29. The maximum atomic E-state index is 11.6. The molecule has 3 heterocycles. The molecule has 4 rings (SSSR count). The number of hydrogen-bond acceptors (Lipinski definition) is 4. The summed E-state index contributed by atoms with van der Waals surface area (Å²) in [5, 5.41) is 1.30. The lowest BCUT2D eigenvalue weighted by Gasteiger charge is -2.51. The SMILES string of the molecule is CC[C@@]1(COS(C)(=O)=O)CCCN2CCc3c([nH]c4ccccc34)[C@H]21. The average molecular weight is 362 g/mol. The molecule has 2 aliphatic heterocycles. The Morgan fingerprint density at radius 2 is 2.12 bits per heavy atom. The summed E-state index contributed by atoms with van der Waals surface area (Å²) in [5.41, 5.74) is 3.67. The predicted molar refractivity (Wildman–Crippen MR) is 99.1 cm³/mol. The second-order valence-electron chi connectivity index (χ2n) is 7.54. The van der Waals surface area contributed by atoms with E-state index in [-0.39, 0.29) is 18.1 Å². The Hall–Kier alpha value is -1.37. The summed E-state index contributed by atoms with van der Waals surface area (Å²) < 4.78 is 28.6. The van der Waals surface area contributed by atoms with Crippen LogP contribution in [-0.2, 0) is 20.7 Å². The van der Waals surface area contributed by atoms with E-state index in [1.807, 2.05) is 0 Å². The van der Waals surface area contributed by atoms with Gasteiger partial charge in [0.1, 0.15) is 0 Å². The Bertz CT molecular complexity index is 889. The van der Waals surface area contributed by atoms with Crippen molar-refractivity contribution < 1.29 is 12.6 Å². The van der Waals surface area contributed by atoms with Crippen molar-refractivity contribution in [1.82, 2.24) is 9.88 Å². The summed E-state index contributed by atoms with van der Waals surface area (Å²) in [5.74, 6) is 0.